The average molecular weight is 387 g/mol. The molecule has 1 aromatic heterocycles. The van der Waals surface area contributed by atoms with E-state index in [1.54, 1.807) is 10.7 Å². The molecule has 5 rings (SSSR count). The van der Waals surface area contributed by atoms with E-state index in [9.17, 15) is 9.59 Å². The Labute approximate surface area is 168 Å². The number of urea groups is 1. The highest BCUT2D eigenvalue weighted by molar-refractivity contribution is 6.05. The van der Waals surface area contributed by atoms with Gasteiger partial charge in [-0.2, -0.15) is 5.10 Å². The predicted octanol–water partition coefficient (Wildman–Crippen LogP) is 3.87. The Balaban J connectivity index is 1.29. The molecule has 2 aliphatic rings. The first-order chi connectivity index (χ1) is 14.2. The monoisotopic (exact) mass is 387 g/mol. The first kappa shape index (κ1) is 17.5. The van der Waals surface area contributed by atoms with Crippen molar-refractivity contribution in [3.05, 3.63) is 77.5 Å². The van der Waals surface area contributed by atoms with Gasteiger partial charge in [-0.3, -0.25) is 14.8 Å². The van der Waals surface area contributed by atoms with Crippen molar-refractivity contribution in [1.82, 2.24) is 14.7 Å². The fourth-order valence-corrected chi connectivity index (χ4v) is 4.24. The van der Waals surface area contributed by atoms with Crippen molar-refractivity contribution in [1.29, 1.82) is 0 Å². The summed E-state index contributed by atoms with van der Waals surface area (Å²) in [6.07, 6.45) is 3.76. The smallest absolute Gasteiger partial charge is 0.324 e. The molecule has 0 saturated carbocycles. The third-order valence-electron chi connectivity index (χ3n) is 5.50. The number of hydrogen-bond acceptors (Lipinski definition) is 3. The van der Waals surface area contributed by atoms with Crippen LogP contribution in [0.3, 0.4) is 0 Å². The number of fused-ring (bicyclic) bond motifs is 3. The Hall–Kier alpha value is -3.61. The lowest BCUT2D eigenvalue weighted by atomic mass is 10.0. The molecule has 1 fully saturated rings. The van der Waals surface area contributed by atoms with Gasteiger partial charge < -0.3 is 10.2 Å². The molecule has 1 atom stereocenters. The molecular weight excluding hydrogens is 366 g/mol. The van der Waals surface area contributed by atoms with Crippen molar-refractivity contribution in [3.8, 4) is 0 Å². The molecule has 2 N–H and O–H groups in total. The number of anilines is 2. The number of carbonyl (C=O) groups is 2. The number of nitrogens with zero attached hydrogens (tertiary/aromatic N) is 3. The van der Waals surface area contributed by atoms with E-state index in [0.717, 1.165) is 30.5 Å². The zero-order valence-electron chi connectivity index (χ0n) is 15.8. The van der Waals surface area contributed by atoms with Crippen molar-refractivity contribution in [2.45, 2.75) is 25.4 Å². The molecule has 7 heteroatoms. The molecule has 1 saturated heterocycles. The molecule has 0 bridgehead atoms. The summed E-state index contributed by atoms with van der Waals surface area (Å²) in [6.45, 7) is 1.42. The highest BCUT2D eigenvalue weighted by atomic mass is 16.2. The molecule has 0 unspecified atom stereocenters. The third kappa shape index (κ3) is 3.24. The molecule has 7 nitrogen and oxygen atoms in total. The van der Waals surface area contributed by atoms with Crippen molar-refractivity contribution in [3.63, 3.8) is 0 Å². The van der Waals surface area contributed by atoms with Crippen molar-refractivity contribution < 1.29 is 9.59 Å². The number of carbonyl (C=O) groups excluding carboxylic acids is 2. The summed E-state index contributed by atoms with van der Waals surface area (Å²) in [4.78, 5) is 27.0. The van der Waals surface area contributed by atoms with Gasteiger partial charge in [0.05, 0.1) is 12.6 Å². The van der Waals surface area contributed by atoms with Gasteiger partial charge in [0.15, 0.2) is 5.82 Å². The average Bonchev–Trinajstić information content (AvgIpc) is 3.42. The molecule has 2 aromatic carbocycles. The maximum absolute atomic E-state index is 12.6. The summed E-state index contributed by atoms with van der Waals surface area (Å²) >= 11 is 0. The normalized spacial score (nSPS) is 17.2. The van der Waals surface area contributed by atoms with Crippen LogP contribution in [0.2, 0.25) is 0 Å². The summed E-state index contributed by atoms with van der Waals surface area (Å²) in [5.41, 5.74) is 3.45. The number of benzene rings is 2. The van der Waals surface area contributed by atoms with Crippen LogP contribution in [0.25, 0.3) is 0 Å². The van der Waals surface area contributed by atoms with Crippen LogP contribution in [-0.2, 0) is 6.54 Å². The van der Waals surface area contributed by atoms with E-state index in [-0.39, 0.29) is 18.0 Å². The van der Waals surface area contributed by atoms with Gasteiger partial charge in [-0.15, -0.1) is 0 Å². The van der Waals surface area contributed by atoms with E-state index in [1.807, 2.05) is 59.6 Å². The van der Waals surface area contributed by atoms with Crippen LogP contribution in [0.1, 0.15) is 40.4 Å². The lowest BCUT2D eigenvalue weighted by molar-refractivity contribution is 0.0776. The van der Waals surface area contributed by atoms with E-state index in [2.05, 4.69) is 15.7 Å². The van der Waals surface area contributed by atoms with Gasteiger partial charge in [0, 0.05) is 35.6 Å². The lowest BCUT2D eigenvalue weighted by Crippen LogP contribution is -2.23. The first-order valence-corrected chi connectivity index (χ1v) is 9.78. The number of aromatic nitrogens is 2. The molecule has 29 heavy (non-hydrogen) atoms. The maximum atomic E-state index is 12.6. The number of rotatable bonds is 4. The summed E-state index contributed by atoms with van der Waals surface area (Å²) in [7, 11) is 0. The summed E-state index contributed by atoms with van der Waals surface area (Å²) in [6, 6.07) is 17.0. The number of hydrogen-bond donors (Lipinski definition) is 2. The van der Waals surface area contributed by atoms with E-state index < -0.39 is 0 Å². The van der Waals surface area contributed by atoms with Crippen LogP contribution in [0, 0.1) is 0 Å². The minimum absolute atomic E-state index is 0.0613. The molecule has 0 radical (unpaired) electrons. The van der Waals surface area contributed by atoms with E-state index in [0.29, 0.717) is 23.6 Å². The minimum Gasteiger partial charge on any atom is -0.331 e. The van der Waals surface area contributed by atoms with Crippen LogP contribution in [0.4, 0.5) is 16.3 Å². The second-order valence-corrected chi connectivity index (χ2v) is 7.39. The minimum atomic E-state index is -0.368. The Morgan fingerprint density at radius 1 is 1.07 bits per heavy atom. The number of nitrogens with one attached hydrogen (secondary N) is 2. The van der Waals surface area contributed by atoms with Crippen LogP contribution < -0.4 is 10.6 Å². The van der Waals surface area contributed by atoms with Gasteiger partial charge in [-0.05, 0) is 30.5 Å². The highest BCUT2D eigenvalue weighted by Crippen LogP contribution is 2.44. The van der Waals surface area contributed by atoms with Gasteiger partial charge in [-0.1, -0.05) is 36.4 Å². The SMILES string of the molecule is O=C(Nc1ccn(Cc2ccccc2)n1)Nc1cccc2c1[C@H]1CCCN1C2=O. The molecule has 3 heterocycles. The second-order valence-electron chi connectivity index (χ2n) is 7.39. The standard InChI is InChI=1S/C22H21N5O2/c28-21-16-8-4-9-17(20(16)18-10-5-12-27(18)21)23-22(29)24-19-11-13-26(25-19)14-15-6-2-1-3-7-15/h1-4,6-9,11,13,18H,5,10,12,14H2,(H2,23,24,25,29)/t18-/m1/s1. The maximum Gasteiger partial charge on any atom is 0.324 e. The van der Waals surface area contributed by atoms with E-state index in [1.165, 1.54) is 0 Å². The van der Waals surface area contributed by atoms with Crippen LogP contribution in [0.5, 0.6) is 0 Å². The van der Waals surface area contributed by atoms with Crippen LogP contribution in [-0.4, -0.2) is 33.2 Å². The fourth-order valence-electron chi connectivity index (χ4n) is 4.24. The third-order valence-corrected chi connectivity index (χ3v) is 5.50. The van der Waals surface area contributed by atoms with Gasteiger partial charge in [0.25, 0.3) is 5.91 Å². The molecule has 3 amide bonds. The van der Waals surface area contributed by atoms with E-state index >= 15 is 0 Å². The zero-order chi connectivity index (χ0) is 19.8. The van der Waals surface area contributed by atoms with Gasteiger partial charge in [0.2, 0.25) is 0 Å². The molecular formula is C22H21N5O2. The van der Waals surface area contributed by atoms with Crippen molar-refractivity contribution >= 4 is 23.4 Å². The quantitative estimate of drug-likeness (QED) is 0.713. The molecule has 2 aliphatic heterocycles. The van der Waals surface area contributed by atoms with Crippen LogP contribution >= 0.6 is 0 Å². The largest absolute Gasteiger partial charge is 0.331 e. The Morgan fingerprint density at radius 2 is 1.93 bits per heavy atom. The molecule has 146 valence electrons. The van der Waals surface area contributed by atoms with Gasteiger partial charge >= 0.3 is 6.03 Å². The first-order valence-electron chi connectivity index (χ1n) is 9.78. The highest BCUT2D eigenvalue weighted by Gasteiger charge is 2.41. The summed E-state index contributed by atoms with van der Waals surface area (Å²) in [5.74, 6) is 0.538. The van der Waals surface area contributed by atoms with E-state index in [4.69, 9.17) is 0 Å². The Kier molecular flexibility index (Phi) is 4.27. The topological polar surface area (TPSA) is 79.3 Å². The lowest BCUT2D eigenvalue weighted by Gasteiger charge is -2.17. The second kappa shape index (κ2) is 7.09. The molecule has 0 aliphatic carbocycles. The summed E-state index contributed by atoms with van der Waals surface area (Å²) in [5, 5.41) is 10.1. The number of amides is 3. The predicted molar refractivity (Wildman–Crippen MR) is 110 cm³/mol. The molecule has 0 spiro atoms. The van der Waals surface area contributed by atoms with Gasteiger partial charge in [-0.25, -0.2) is 4.79 Å². The van der Waals surface area contributed by atoms with Crippen LogP contribution in [0.15, 0.2) is 60.8 Å². The summed E-state index contributed by atoms with van der Waals surface area (Å²) < 4.78 is 1.78. The van der Waals surface area contributed by atoms with Crippen molar-refractivity contribution in [2.24, 2.45) is 0 Å². The van der Waals surface area contributed by atoms with Crippen molar-refractivity contribution in [2.75, 3.05) is 17.2 Å². The Bertz CT molecular complexity index is 1080. The zero-order valence-corrected chi connectivity index (χ0v) is 15.8. The fraction of sp³-hybridized carbons (Fsp3) is 0.227. The Morgan fingerprint density at radius 3 is 2.79 bits per heavy atom. The molecule has 3 aromatic rings. The van der Waals surface area contributed by atoms with Gasteiger partial charge in [0.1, 0.15) is 0 Å².